The fraction of sp³-hybridized carbons (Fsp3) is 0.312. The third-order valence-corrected chi connectivity index (χ3v) is 5.02. The van der Waals surface area contributed by atoms with Crippen molar-refractivity contribution in [3.63, 3.8) is 0 Å². The third kappa shape index (κ3) is 3.27. The number of para-hydroxylation sites is 1. The standard InChI is InChI=1S/C16H16F3N3O3S/c1-2-9-13(14-10-5-3-4-6-12(10)22-8-25-14)11(16(17,18)19)7-21-15(9)26(20,23)24/h3-7,14,22H,2,8H2,1H3,(H2,20,23,24). The molecule has 6 nitrogen and oxygen atoms in total. The topological polar surface area (TPSA) is 94.3 Å². The van der Waals surface area contributed by atoms with Crippen LogP contribution in [0.5, 0.6) is 0 Å². The first-order chi connectivity index (χ1) is 12.1. The van der Waals surface area contributed by atoms with Gasteiger partial charge in [0.25, 0.3) is 10.0 Å². The Labute approximate surface area is 148 Å². The van der Waals surface area contributed by atoms with Gasteiger partial charge in [0.05, 0.1) is 5.56 Å². The number of sulfonamides is 1. The highest BCUT2D eigenvalue weighted by Gasteiger charge is 2.40. The second kappa shape index (κ2) is 6.53. The molecule has 0 amide bonds. The summed E-state index contributed by atoms with van der Waals surface area (Å²) >= 11 is 0. The number of fused-ring (bicyclic) bond motifs is 1. The fourth-order valence-electron chi connectivity index (χ4n) is 3.08. The number of nitrogens with zero attached hydrogens (tertiary/aromatic N) is 1. The van der Waals surface area contributed by atoms with E-state index < -0.39 is 32.9 Å². The zero-order chi connectivity index (χ0) is 19.1. The number of hydrogen-bond donors (Lipinski definition) is 2. The Kier molecular flexibility index (Phi) is 4.67. The lowest BCUT2D eigenvalue weighted by Gasteiger charge is -2.31. The smallest absolute Gasteiger partial charge is 0.362 e. The Morgan fingerprint density at radius 1 is 1.35 bits per heavy atom. The lowest BCUT2D eigenvalue weighted by atomic mass is 9.91. The Hall–Kier alpha value is -2.17. The molecule has 1 aromatic carbocycles. The van der Waals surface area contributed by atoms with Crippen molar-refractivity contribution in [2.45, 2.75) is 30.7 Å². The first-order valence-corrected chi connectivity index (χ1v) is 9.25. The molecule has 0 aliphatic carbocycles. The van der Waals surface area contributed by atoms with Crippen LogP contribution in [0, 0.1) is 0 Å². The molecule has 0 spiro atoms. The number of primary sulfonamides is 1. The van der Waals surface area contributed by atoms with Gasteiger partial charge in [0.2, 0.25) is 0 Å². The average Bonchev–Trinajstić information content (AvgIpc) is 2.58. The van der Waals surface area contributed by atoms with Crippen LogP contribution in [0.3, 0.4) is 0 Å². The number of hydrogen-bond acceptors (Lipinski definition) is 5. The normalized spacial score (nSPS) is 17.5. The molecule has 1 aliphatic rings. The van der Waals surface area contributed by atoms with Gasteiger partial charge in [-0.1, -0.05) is 25.1 Å². The first kappa shape index (κ1) is 18.6. The van der Waals surface area contributed by atoms with Crippen molar-refractivity contribution in [3.05, 3.63) is 52.7 Å². The minimum Gasteiger partial charge on any atom is -0.362 e. The molecule has 26 heavy (non-hydrogen) atoms. The molecule has 0 saturated carbocycles. The Morgan fingerprint density at radius 2 is 2.04 bits per heavy atom. The molecular weight excluding hydrogens is 371 g/mol. The zero-order valence-corrected chi connectivity index (χ0v) is 14.5. The molecule has 10 heteroatoms. The van der Waals surface area contributed by atoms with Gasteiger partial charge in [0, 0.05) is 23.0 Å². The number of alkyl halides is 3. The van der Waals surface area contributed by atoms with Crippen molar-refractivity contribution in [2.75, 3.05) is 12.0 Å². The van der Waals surface area contributed by atoms with Crippen LogP contribution in [0.1, 0.15) is 35.3 Å². The van der Waals surface area contributed by atoms with E-state index in [0.29, 0.717) is 17.4 Å². The summed E-state index contributed by atoms with van der Waals surface area (Å²) in [5, 5.41) is 7.53. The van der Waals surface area contributed by atoms with E-state index in [9.17, 15) is 21.6 Å². The van der Waals surface area contributed by atoms with Crippen molar-refractivity contribution in [1.82, 2.24) is 4.98 Å². The Morgan fingerprint density at radius 3 is 2.65 bits per heavy atom. The molecular formula is C16H16F3N3O3S. The molecule has 0 fully saturated rings. The summed E-state index contributed by atoms with van der Waals surface area (Å²) in [6.45, 7) is 1.53. The van der Waals surface area contributed by atoms with Gasteiger partial charge < -0.3 is 10.1 Å². The molecule has 0 bridgehead atoms. The van der Waals surface area contributed by atoms with Crippen LogP contribution in [0.25, 0.3) is 0 Å². The van der Waals surface area contributed by atoms with E-state index in [-0.39, 0.29) is 24.3 Å². The first-order valence-electron chi connectivity index (χ1n) is 7.70. The molecule has 1 aliphatic heterocycles. The summed E-state index contributed by atoms with van der Waals surface area (Å²) in [6.07, 6.45) is -5.33. The molecule has 2 heterocycles. The van der Waals surface area contributed by atoms with Crippen LogP contribution in [0.4, 0.5) is 18.9 Å². The second-order valence-corrected chi connectivity index (χ2v) is 7.20. The summed E-state index contributed by atoms with van der Waals surface area (Å²) in [4.78, 5) is 3.49. The highest BCUT2D eigenvalue weighted by Crippen LogP contribution is 2.43. The largest absolute Gasteiger partial charge is 0.418 e. The minimum atomic E-state index is -4.73. The molecule has 0 saturated heterocycles. The number of nitrogens with two attached hydrogens (primary N) is 1. The molecule has 140 valence electrons. The fourth-order valence-corrected chi connectivity index (χ4v) is 3.88. The monoisotopic (exact) mass is 387 g/mol. The van der Waals surface area contributed by atoms with Crippen LogP contribution in [-0.4, -0.2) is 20.1 Å². The van der Waals surface area contributed by atoms with Gasteiger partial charge in [-0.15, -0.1) is 0 Å². The summed E-state index contributed by atoms with van der Waals surface area (Å²) in [6, 6.07) is 6.75. The third-order valence-electron chi connectivity index (χ3n) is 4.13. The number of pyridine rings is 1. The summed E-state index contributed by atoms with van der Waals surface area (Å²) < 4.78 is 70.1. The lowest BCUT2D eigenvalue weighted by molar-refractivity contribution is -0.139. The van der Waals surface area contributed by atoms with E-state index in [0.717, 1.165) is 0 Å². The number of nitrogens with one attached hydrogen (secondary N) is 1. The molecule has 1 aromatic heterocycles. The highest BCUT2D eigenvalue weighted by atomic mass is 32.2. The molecule has 2 aromatic rings. The predicted octanol–water partition coefficient (Wildman–Crippen LogP) is 2.80. The number of aromatic nitrogens is 1. The van der Waals surface area contributed by atoms with Crippen LogP contribution in [-0.2, 0) is 27.4 Å². The van der Waals surface area contributed by atoms with Crippen molar-refractivity contribution in [1.29, 1.82) is 0 Å². The van der Waals surface area contributed by atoms with Gasteiger partial charge in [-0.3, -0.25) is 0 Å². The zero-order valence-electron chi connectivity index (χ0n) is 13.7. The van der Waals surface area contributed by atoms with E-state index in [2.05, 4.69) is 10.3 Å². The highest BCUT2D eigenvalue weighted by molar-refractivity contribution is 7.89. The van der Waals surface area contributed by atoms with Gasteiger partial charge in [-0.25, -0.2) is 18.5 Å². The van der Waals surface area contributed by atoms with E-state index in [1.807, 2.05) is 0 Å². The van der Waals surface area contributed by atoms with E-state index in [1.165, 1.54) is 0 Å². The predicted molar refractivity (Wildman–Crippen MR) is 87.8 cm³/mol. The van der Waals surface area contributed by atoms with Gasteiger partial charge in [-0.05, 0) is 18.1 Å². The van der Waals surface area contributed by atoms with Crippen LogP contribution < -0.4 is 10.5 Å². The van der Waals surface area contributed by atoms with Crippen molar-refractivity contribution in [2.24, 2.45) is 5.14 Å². The number of ether oxygens (including phenoxy) is 1. The SMILES string of the molecule is CCc1c(S(N)(=O)=O)ncc(C(F)(F)F)c1C1OCNc2ccccc21. The second-order valence-electron chi connectivity index (χ2n) is 5.72. The molecule has 1 atom stereocenters. The number of benzene rings is 1. The van der Waals surface area contributed by atoms with Gasteiger partial charge >= 0.3 is 6.18 Å². The number of halogens is 3. The van der Waals surface area contributed by atoms with E-state index >= 15 is 0 Å². The number of rotatable bonds is 3. The summed E-state index contributed by atoms with van der Waals surface area (Å²) in [5.74, 6) is 0. The summed E-state index contributed by atoms with van der Waals surface area (Å²) in [5.41, 5.74) is -0.307. The van der Waals surface area contributed by atoms with Crippen molar-refractivity contribution in [3.8, 4) is 0 Å². The summed E-state index contributed by atoms with van der Waals surface area (Å²) in [7, 11) is -4.30. The van der Waals surface area contributed by atoms with Gasteiger partial charge in [0.1, 0.15) is 12.8 Å². The molecule has 3 rings (SSSR count). The van der Waals surface area contributed by atoms with E-state index in [1.54, 1.807) is 31.2 Å². The van der Waals surface area contributed by atoms with Gasteiger partial charge in [0.15, 0.2) is 5.03 Å². The van der Waals surface area contributed by atoms with Gasteiger partial charge in [-0.2, -0.15) is 13.2 Å². The molecule has 1 unspecified atom stereocenters. The molecule has 3 N–H and O–H groups in total. The maximum Gasteiger partial charge on any atom is 0.418 e. The van der Waals surface area contributed by atoms with Crippen LogP contribution in [0.15, 0.2) is 35.5 Å². The maximum atomic E-state index is 13.6. The maximum absolute atomic E-state index is 13.6. The van der Waals surface area contributed by atoms with Crippen molar-refractivity contribution >= 4 is 15.7 Å². The minimum absolute atomic E-state index is 0.00648. The van der Waals surface area contributed by atoms with Crippen LogP contribution >= 0.6 is 0 Å². The average molecular weight is 387 g/mol. The molecule has 0 radical (unpaired) electrons. The van der Waals surface area contributed by atoms with Crippen LogP contribution in [0.2, 0.25) is 0 Å². The van der Waals surface area contributed by atoms with Crippen molar-refractivity contribution < 1.29 is 26.3 Å². The van der Waals surface area contributed by atoms with E-state index in [4.69, 9.17) is 9.88 Å². The number of anilines is 1. The quantitative estimate of drug-likeness (QED) is 0.845. The Bertz CT molecular complexity index is 945. The Balaban J connectivity index is 2.35. The lowest BCUT2D eigenvalue weighted by Crippen LogP contribution is -2.26.